The van der Waals surface area contributed by atoms with Gasteiger partial charge in [-0.15, -0.1) is 5.10 Å². The van der Waals surface area contributed by atoms with Gasteiger partial charge in [-0.1, -0.05) is 12.1 Å². The topological polar surface area (TPSA) is 94.5 Å². The van der Waals surface area contributed by atoms with Crippen molar-refractivity contribution in [2.24, 2.45) is 5.84 Å². The molecule has 7 nitrogen and oxygen atoms in total. The molecule has 2 aromatic heterocycles. The molecule has 0 aliphatic rings. The third-order valence-corrected chi connectivity index (χ3v) is 2.45. The SMILES string of the molecule is CCCn1nncc1C(NN)c1ccncn1. The maximum atomic E-state index is 5.58. The van der Waals surface area contributed by atoms with Gasteiger partial charge in [0.05, 0.1) is 17.6 Å². The van der Waals surface area contributed by atoms with Crippen LogP contribution in [0.15, 0.2) is 24.8 Å². The van der Waals surface area contributed by atoms with Crippen LogP contribution in [0.5, 0.6) is 0 Å². The number of nitrogens with one attached hydrogen (secondary N) is 1. The van der Waals surface area contributed by atoms with Crippen molar-refractivity contribution in [2.45, 2.75) is 25.9 Å². The van der Waals surface area contributed by atoms with E-state index in [4.69, 9.17) is 5.84 Å². The molecule has 2 aromatic rings. The summed E-state index contributed by atoms with van der Waals surface area (Å²) >= 11 is 0. The first kappa shape index (κ1) is 11.6. The van der Waals surface area contributed by atoms with Crippen molar-refractivity contribution < 1.29 is 0 Å². The first-order chi connectivity index (χ1) is 8.36. The third kappa shape index (κ3) is 2.45. The number of hydrogen-bond acceptors (Lipinski definition) is 6. The first-order valence-electron chi connectivity index (χ1n) is 5.47. The lowest BCUT2D eigenvalue weighted by Crippen LogP contribution is -2.31. The molecule has 0 bridgehead atoms. The van der Waals surface area contributed by atoms with Gasteiger partial charge in [0, 0.05) is 12.7 Å². The van der Waals surface area contributed by atoms with Crippen LogP contribution < -0.4 is 11.3 Å². The molecule has 17 heavy (non-hydrogen) atoms. The number of aromatic nitrogens is 5. The molecule has 0 aliphatic heterocycles. The van der Waals surface area contributed by atoms with Crippen LogP contribution in [0, 0.1) is 0 Å². The summed E-state index contributed by atoms with van der Waals surface area (Å²) in [5.41, 5.74) is 4.42. The zero-order chi connectivity index (χ0) is 12.1. The second-order valence-corrected chi connectivity index (χ2v) is 3.62. The molecule has 0 aliphatic carbocycles. The largest absolute Gasteiger partial charge is 0.270 e. The number of hydrogen-bond donors (Lipinski definition) is 2. The van der Waals surface area contributed by atoms with Crippen LogP contribution in [-0.2, 0) is 6.54 Å². The Hall–Kier alpha value is -1.86. The molecule has 0 saturated carbocycles. The number of nitrogens with two attached hydrogens (primary N) is 1. The normalized spacial score (nSPS) is 12.6. The molecule has 0 saturated heterocycles. The van der Waals surface area contributed by atoms with Gasteiger partial charge in [0.25, 0.3) is 0 Å². The van der Waals surface area contributed by atoms with Crippen LogP contribution in [0.4, 0.5) is 0 Å². The second-order valence-electron chi connectivity index (χ2n) is 3.62. The Balaban J connectivity index is 2.32. The minimum absolute atomic E-state index is 0.223. The molecule has 0 fully saturated rings. The van der Waals surface area contributed by atoms with Gasteiger partial charge in [0.15, 0.2) is 0 Å². The number of aryl methyl sites for hydroxylation is 1. The average Bonchev–Trinajstić information content (AvgIpc) is 2.81. The number of rotatable bonds is 5. The fourth-order valence-corrected chi connectivity index (χ4v) is 1.67. The molecule has 0 amide bonds. The minimum Gasteiger partial charge on any atom is -0.270 e. The van der Waals surface area contributed by atoms with Crippen molar-refractivity contribution in [3.05, 3.63) is 36.2 Å². The summed E-state index contributed by atoms with van der Waals surface area (Å²) in [6.07, 6.45) is 5.86. The standard InChI is InChI=1S/C10H15N7/c1-2-5-17-9(6-14-16-17)10(15-11)8-3-4-12-7-13-8/h3-4,6-7,10,15H,2,5,11H2,1H3. The summed E-state index contributed by atoms with van der Waals surface area (Å²) in [5.74, 6) is 5.58. The van der Waals surface area contributed by atoms with Gasteiger partial charge in [-0.2, -0.15) is 0 Å². The lowest BCUT2D eigenvalue weighted by atomic mass is 10.1. The van der Waals surface area contributed by atoms with E-state index in [1.807, 2.05) is 10.7 Å². The molecule has 7 heteroatoms. The van der Waals surface area contributed by atoms with E-state index >= 15 is 0 Å². The highest BCUT2D eigenvalue weighted by Gasteiger charge is 2.18. The molecular weight excluding hydrogens is 218 g/mol. The Morgan fingerprint density at radius 2 is 2.41 bits per heavy atom. The Kier molecular flexibility index (Phi) is 3.73. The minimum atomic E-state index is -0.223. The predicted molar refractivity (Wildman–Crippen MR) is 61.5 cm³/mol. The van der Waals surface area contributed by atoms with Crippen molar-refractivity contribution in [1.82, 2.24) is 30.4 Å². The molecule has 1 unspecified atom stereocenters. The van der Waals surface area contributed by atoms with E-state index in [1.165, 1.54) is 6.33 Å². The zero-order valence-corrected chi connectivity index (χ0v) is 9.61. The summed E-state index contributed by atoms with van der Waals surface area (Å²) in [6, 6.07) is 1.59. The van der Waals surface area contributed by atoms with Crippen LogP contribution >= 0.6 is 0 Å². The summed E-state index contributed by atoms with van der Waals surface area (Å²) in [4.78, 5) is 8.07. The number of nitrogens with zero attached hydrogens (tertiary/aromatic N) is 5. The van der Waals surface area contributed by atoms with E-state index in [0.717, 1.165) is 24.4 Å². The van der Waals surface area contributed by atoms with Crippen molar-refractivity contribution in [3.63, 3.8) is 0 Å². The Morgan fingerprint density at radius 1 is 1.53 bits per heavy atom. The van der Waals surface area contributed by atoms with Gasteiger partial charge in [-0.05, 0) is 12.5 Å². The molecule has 2 rings (SSSR count). The molecule has 0 spiro atoms. The fourth-order valence-electron chi connectivity index (χ4n) is 1.67. The first-order valence-corrected chi connectivity index (χ1v) is 5.47. The van der Waals surface area contributed by atoms with Crippen molar-refractivity contribution in [2.75, 3.05) is 0 Å². The van der Waals surface area contributed by atoms with E-state index in [1.54, 1.807) is 12.4 Å². The highest BCUT2D eigenvalue weighted by molar-refractivity contribution is 5.18. The lowest BCUT2D eigenvalue weighted by Gasteiger charge is -2.15. The van der Waals surface area contributed by atoms with E-state index < -0.39 is 0 Å². The maximum Gasteiger partial charge on any atom is 0.115 e. The van der Waals surface area contributed by atoms with Gasteiger partial charge in [-0.3, -0.25) is 5.84 Å². The maximum absolute atomic E-state index is 5.58. The Labute approximate surface area is 99.0 Å². The van der Waals surface area contributed by atoms with E-state index in [9.17, 15) is 0 Å². The molecule has 1 atom stereocenters. The summed E-state index contributed by atoms with van der Waals surface area (Å²) < 4.78 is 1.83. The van der Waals surface area contributed by atoms with Crippen LogP contribution in [0.2, 0.25) is 0 Å². The highest BCUT2D eigenvalue weighted by atomic mass is 15.4. The summed E-state index contributed by atoms with van der Waals surface area (Å²) in [7, 11) is 0. The van der Waals surface area contributed by atoms with Gasteiger partial charge < -0.3 is 0 Å². The van der Waals surface area contributed by atoms with Gasteiger partial charge >= 0.3 is 0 Å². The van der Waals surface area contributed by atoms with Crippen LogP contribution in [-0.4, -0.2) is 25.0 Å². The van der Waals surface area contributed by atoms with Crippen LogP contribution in [0.25, 0.3) is 0 Å². The van der Waals surface area contributed by atoms with Crippen molar-refractivity contribution in [3.8, 4) is 0 Å². The third-order valence-electron chi connectivity index (χ3n) is 2.45. The van der Waals surface area contributed by atoms with Crippen LogP contribution in [0.1, 0.15) is 30.8 Å². The van der Waals surface area contributed by atoms with Crippen LogP contribution in [0.3, 0.4) is 0 Å². The Morgan fingerprint density at radius 3 is 3.06 bits per heavy atom. The predicted octanol–water partition coefficient (Wildman–Crippen LogP) is 0.0308. The van der Waals surface area contributed by atoms with Gasteiger partial charge in [0.2, 0.25) is 0 Å². The van der Waals surface area contributed by atoms with Gasteiger partial charge in [-0.25, -0.2) is 20.1 Å². The lowest BCUT2D eigenvalue weighted by molar-refractivity contribution is 0.506. The molecular formula is C10H15N7. The fraction of sp³-hybridized carbons (Fsp3) is 0.400. The zero-order valence-electron chi connectivity index (χ0n) is 9.61. The average molecular weight is 233 g/mol. The van der Waals surface area contributed by atoms with Crippen molar-refractivity contribution in [1.29, 1.82) is 0 Å². The Bertz CT molecular complexity index is 453. The van der Waals surface area contributed by atoms with Gasteiger partial charge in [0.1, 0.15) is 12.4 Å². The summed E-state index contributed by atoms with van der Waals surface area (Å²) in [5, 5.41) is 7.94. The highest BCUT2D eigenvalue weighted by Crippen LogP contribution is 2.17. The molecule has 3 N–H and O–H groups in total. The smallest absolute Gasteiger partial charge is 0.115 e. The quantitative estimate of drug-likeness (QED) is 0.559. The number of hydrazine groups is 1. The molecule has 2 heterocycles. The second kappa shape index (κ2) is 5.46. The van der Waals surface area contributed by atoms with E-state index in [0.29, 0.717) is 0 Å². The summed E-state index contributed by atoms with van der Waals surface area (Å²) in [6.45, 7) is 2.89. The van der Waals surface area contributed by atoms with E-state index in [2.05, 4.69) is 32.6 Å². The van der Waals surface area contributed by atoms with Crippen molar-refractivity contribution >= 4 is 0 Å². The monoisotopic (exact) mass is 233 g/mol. The molecule has 0 aromatic carbocycles. The molecule has 0 radical (unpaired) electrons. The van der Waals surface area contributed by atoms with E-state index in [-0.39, 0.29) is 6.04 Å². The molecule has 90 valence electrons.